The predicted molar refractivity (Wildman–Crippen MR) is 67.3 cm³/mol. The summed E-state index contributed by atoms with van der Waals surface area (Å²) in [5, 5.41) is 0. The smallest absolute Gasteiger partial charge is 0.334 e. The fourth-order valence-electron chi connectivity index (χ4n) is 1.63. The van der Waals surface area contributed by atoms with Crippen molar-refractivity contribution >= 4 is 39.5 Å². The number of hydrogen-bond donors (Lipinski definition) is 1. The average Bonchev–Trinajstić information content (AvgIpc) is 2.52. The zero-order valence-electron chi connectivity index (χ0n) is 9.51. The molecule has 1 saturated heterocycles. The zero-order chi connectivity index (χ0) is 13.4. The number of benzene rings is 1. The van der Waals surface area contributed by atoms with Crippen molar-refractivity contribution in [2.75, 3.05) is 12.8 Å². The first-order valence-electron chi connectivity index (χ1n) is 5.09. The van der Waals surface area contributed by atoms with Gasteiger partial charge in [0, 0.05) is 17.2 Å². The van der Waals surface area contributed by atoms with Crippen LogP contribution in [0.15, 0.2) is 22.7 Å². The van der Waals surface area contributed by atoms with Crippen LogP contribution in [0.1, 0.15) is 5.56 Å². The van der Waals surface area contributed by atoms with Crippen LogP contribution < -0.4 is 5.73 Å². The Bertz CT molecular complexity index is 558. The summed E-state index contributed by atoms with van der Waals surface area (Å²) in [7, 11) is 1.28. The minimum absolute atomic E-state index is 0.0330. The van der Waals surface area contributed by atoms with Gasteiger partial charge in [-0.15, -0.1) is 0 Å². The second-order valence-corrected chi connectivity index (χ2v) is 4.75. The third-order valence-corrected chi connectivity index (χ3v) is 3.37. The molecule has 0 unspecified atom stereocenters. The van der Waals surface area contributed by atoms with Gasteiger partial charge in [0.15, 0.2) is 0 Å². The molecule has 0 saturated carbocycles. The van der Waals surface area contributed by atoms with Gasteiger partial charge in [0.25, 0.3) is 0 Å². The number of likely N-dealkylation sites (N-methyl/N-ethyl adjacent to an activating group) is 1. The van der Waals surface area contributed by atoms with Crippen LogP contribution in [0.3, 0.4) is 0 Å². The van der Waals surface area contributed by atoms with Gasteiger partial charge in [-0.1, -0.05) is 6.07 Å². The SMILES string of the molecule is CN1C(=O)C(=O)N(Cc2ccc(Br)c(N)c2)C1=O. The number of nitrogens with zero attached hydrogens (tertiary/aromatic N) is 2. The van der Waals surface area contributed by atoms with E-state index in [0.29, 0.717) is 11.3 Å². The fourth-order valence-corrected chi connectivity index (χ4v) is 1.87. The van der Waals surface area contributed by atoms with Gasteiger partial charge in [-0.3, -0.25) is 19.4 Å². The molecule has 1 aromatic rings. The van der Waals surface area contributed by atoms with Crippen LogP contribution in [0, 0.1) is 0 Å². The highest BCUT2D eigenvalue weighted by atomic mass is 79.9. The largest absolute Gasteiger partial charge is 0.398 e. The first-order valence-corrected chi connectivity index (χ1v) is 5.88. The number of anilines is 1. The Morgan fingerprint density at radius 1 is 1.22 bits per heavy atom. The standard InChI is InChI=1S/C11H10BrN3O3/c1-14-9(16)10(17)15(11(14)18)5-6-2-3-7(12)8(13)4-6/h2-4H,5,13H2,1H3. The number of rotatable bonds is 2. The summed E-state index contributed by atoms with van der Waals surface area (Å²) >= 11 is 3.25. The molecule has 0 radical (unpaired) electrons. The number of hydrogen-bond acceptors (Lipinski definition) is 4. The molecule has 1 fully saturated rings. The van der Waals surface area contributed by atoms with E-state index in [0.717, 1.165) is 14.3 Å². The predicted octanol–water partition coefficient (Wildman–Crippen LogP) is 0.952. The van der Waals surface area contributed by atoms with E-state index >= 15 is 0 Å². The maximum atomic E-state index is 11.7. The normalized spacial score (nSPS) is 15.8. The minimum Gasteiger partial charge on any atom is -0.398 e. The van der Waals surface area contributed by atoms with Crippen molar-refractivity contribution in [2.45, 2.75) is 6.54 Å². The molecular weight excluding hydrogens is 302 g/mol. The van der Waals surface area contributed by atoms with E-state index in [2.05, 4.69) is 15.9 Å². The fraction of sp³-hybridized carbons (Fsp3) is 0.182. The van der Waals surface area contributed by atoms with E-state index in [9.17, 15) is 14.4 Å². The summed E-state index contributed by atoms with van der Waals surface area (Å²) in [6.45, 7) is 0.0330. The van der Waals surface area contributed by atoms with Gasteiger partial charge in [0.1, 0.15) is 0 Å². The molecule has 6 nitrogen and oxygen atoms in total. The molecule has 0 aliphatic carbocycles. The van der Waals surface area contributed by atoms with Gasteiger partial charge < -0.3 is 5.73 Å². The van der Waals surface area contributed by atoms with Crippen LogP contribution in [0.5, 0.6) is 0 Å². The lowest BCUT2D eigenvalue weighted by Gasteiger charge is -2.13. The third kappa shape index (κ3) is 1.97. The molecule has 1 aliphatic rings. The number of imide groups is 2. The van der Waals surface area contributed by atoms with Crippen LogP contribution in [0.4, 0.5) is 10.5 Å². The zero-order valence-corrected chi connectivity index (χ0v) is 11.1. The molecular formula is C11H10BrN3O3. The number of urea groups is 1. The molecule has 1 heterocycles. The highest BCUT2D eigenvalue weighted by molar-refractivity contribution is 9.10. The molecule has 0 aromatic heterocycles. The molecule has 7 heteroatoms. The summed E-state index contributed by atoms with van der Waals surface area (Å²) in [5.74, 6) is -1.63. The van der Waals surface area contributed by atoms with Crippen LogP contribution in [-0.4, -0.2) is 34.7 Å². The minimum atomic E-state index is -0.816. The van der Waals surface area contributed by atoms with Crippen molar-refractivity contribution in [2.24, 2.45) is 0 Å². The van der Waals surface area contributed by atoms with E-state index in [-0.39, 0.29) is 6.54 Å². The number of nitrogens with two attached hydrogens (primary N) is 1. The first-order chi connectivity index (χ1) is 8.41. The van der Waals surface area contributed by atoms with Crippen molar-refractivity contribution in [3.8, 4) is 0 Å². The summed E-state index contributed by atoms with van der Waals surface area (Å²) in [4.78, 5) is 36.2. The molecule has 18 heavy (non-hydrogen) atoms. The van der Waals surface area contributed by atoms with E-state index in [1.807, 2.05) is 0 Å². The van der Waals surface area contributed by atoms with E-state index in [1.54, 1.807) is 18.2 Å². The Morgan fingerprint density at radius 3 is 2.39 bits per heavy atom. The molecule has 0 spiro atoms. The lowest BCUT2D eigenvalue weighted by molar-refractivity contribution is -0.143. The second-order valence-electron chi connectivity index (χ2n) is 3.89. The van der Waals surface area contributed by atoms with Crippen molar-refractivity contribution < 1.29 is 14.4 Å². The Morgan fingerprint density at radius 2 is 1.89 bits per heavy atom. The molecule has 1 aromatic carbocycles. The van der Waals surface area contributed by atoms with Crippen LogP contribution in [-0.2, 0) is 16.1 Å². The Kier molecular flexibility index (Phi) is 3.08. The maximum Gasteiger partial charge on any atom is 0.334 e. The third-order valence-electron chi connectivity index (χ3n) is 2.65. The molecule has 94 valence electrons. The summed E-state index contributed by atoms with van der Waals surface area (Å²) in [5.41, 5.74) is 6.89. The van der Waals surface area contributed by atoms with Gasteiger partial charge in [-0.05, 0) is 33.6 Å². The Labute approximate surface area is 111 Å². The molecule has 1 aliphatic heterocycles. The summed E-state index contributed by atoms with van der Waals surface area (Å²) in [6.07, 6.45) is 0. The number of nitrogen functional groups attached to an aromatic ring is 1. The quantitative estimate of drug-likeness (QED) is 0.501. The van der Waals surface area contributed by atoms with Crippen LogP contribution >= 0.6 is 15.9 Å². The second kappa shape index (κ2) is 4.41. The highest BCUT2D eigenvalue weighted by Gasteiger charge is 2.41. The molecule has 2 rings (SSSR count). The van der Waals surface area contributed by atoms with Crippen molar-refractivity contribution in [1.29, 1.82) is 0 Å². The lowest BCUT2D eigenvalue weighted by atomic mass is 10.2. The molecule has 0 bridgehead atoms. The van der Waals surface area contributed by atoms with Crippen molar-refractivity contribution in [1.82, 2.24) is 9.80 Å². The summed E-state index contributed by atoms with van der Waals surface area (Å²) in [6, 6.07) is 4.48. The van der Waals surface area contributed by atoms with Crippen molar-refractivity contribution in [3.05, 3.63) is 28.2 Å². The number of halogens is 1. The van der Waals surface area contributed by atoms with Gasteiger partial charge in [-0.25, -0.2) is 4.79 Å². The van der Waals surface area contributed by atoms with E-state index in [1.165, 1.54) is 7.05 Å². The Balaban J connectivity index is 2.24. The number of carbonyl (C=O) groups excluding carboxylic acids is 3. The average molecular weight is 312 g/mol. The molecule has 2 N–H and O–H groups in total. The highest BCUT2D eigenvalue weighted by Crippen LogP contribution is 2.22. The van der Waals surface area contributed by atoms with Crippen LogP contribution in [0.2, 0.25) is 0 Å². The monoisotopic (exact) mass is 311 g/mol. The van der Waals surface area contributed by atoms with Crippen LogP contribution in [0.25, 0.3) is 0 Å². The molecule has 4 amide bonds. The lowest BCUT2D eigenvalue weighted by Crippen LogP contribution is -2.31. The number of amides is 4. The topological polar surface area (TPSA) is 83.7 Å². The number of carbonyl (C=O) groups is 3. The molecule has 0 atom stereocenters. The van der Waals surface area contributed by atoms with Gasteiger partial charge in [-0.2, -0.15) is 0 Å². The maximum absolute atomic E-state index is 11.7. The van der Waals surface area contributed by atoms with Gasteiger partial charge in [0.05, 0.1) is 6.54 Å². The first kappa shape index (κ1) is 12.6. The van der Waals surface area contributed by atoms with Gasteiger partial charge in [0.2, 0.25) is 0 Å². The van der Waals surface area contributed by atoms with E-state index < -0.39 is 17.8 Å². The summed E-state index contributed by atoms with van der Waals surface area (Å²) < 4.78 is 0.735. The van der Waals surface area contributed by atoms with Gasteiger partial charge >= 0.3 is 17.8 Å². The Hall–Kier alpha value is -1.89. The van der Waals surface area contributed by atoms with Crippen molar-refractivity contribution in [3.63, 3.8) is 0 Å². The van der Waals surface area contributed by atoms with E-state index in [4.69, 9.17) is 5.73 Å².